The van der Waals surface area contributed by atoms with Crippen molar-refractivity contribution >= 4 is 51.0 Å². The number of nitrogens with zero attached hydrogens (tertiary/aromatic N) is 3. The van der Waals surface area contributed by atoms with Crippen molar-refractivity contribution in [3.8, 4) is 0 Å². The number of benzene rings is 2. The van der Waals surface area contributed by atoms with Crippen LogP contribution >= 0.6 is 23.1 Å². The Hall–Kier alpha value is -2.41. The van der Waals surface area contributed by atoms with E-state index < -0.39 is 0 Å². The zero-order chi connectivity index (χ0) is 23.5. The number of anilines is 1. The molecule has 1 aliphatic heterocycles. The fourth-order valence-corrected chi connectivity index (χ4v) is 6.30. The van der Waals surface area contributed by atoms with E-state index >= 15 is 0 Å². The van der Waals surface area contributed by atoms with Gasteiger partial charge in [0.15, 0.2) is 0 Å². The number of carbonyl (C=O) groups is 1. The van der Waals surface area contributed by atoms with Crippen molar-refractivity contribution in [1.29, 1.82) is 0 Å². The van der Waals surface area contributed by atoms with Gasteiger partial charge in [-0.2, -0.15) is 4.37 Å². The van der Waals surface area contributed by atoms with Crippen molar-refractivity contribution in [1.82, 2.24) is 14.6 Å². The predicted molar refractivity (Wildman–Crippen MR) is 143 cm³/mol. The molecule has 34 heavy (non-hydrogen) atoms. The van der Waals surface area contributed by atoms with Gasteiger partial charge in [-0.1, -0.05) is 42.8 Å². The summed E-state index contributed by atoms with van der Waals surface area (Å²) in [5.74, 6) is 2.96. The normalized spacial score (nSPS) is 23.4. The fourth-order valence-electron chi connectivity index (χ4n) is 5.31. The molecular formula is C27H31ClN4OS. The summed E-state index contributed by atoms with van der Waals surface area (Å²) in [5, 5.41) is 5.06. The average molecular weight is 495 g/mol. The van der Waals surface area contributed by atoms with Gasteiger partial charge in [-0.15, -0.1) is 0 Å². The third-order valence-corrected chi connectivity index (χ3v) is 8.37. The first-order chi connectivity index (χ1) is 16.6. The van der Waals surface area contributed by atoms with Crippen LogP contribution in [0.25, 0.3) is 16.2 Å². The lowest BCUT2D eigenvalue weighted by molar-refractivity contribution is -0.117. The molecule has 2 fully saturated rings. The quantitative estimate of drug-likeness (QED) is 0.460. The molecule has 1 aromatic heterocycles. The summed E-state index contributed by atoms with van der Waals surface area (Å²) >= 11 is 7.61. The lowest BCUT2D eigenvalue weighted by Gasteiger charge is -2.46. The van der Waals surface area contributed by atoms with Gasteiger partial charge in [-0.3, -0.25) is 9.69 Å². The maximum absolute atomic E-state index is 12.3. The average Bonchev–Trinajstić information content (AvgIpc) is 3.27. The Morgan fingerprint density at radius 3 is 2.79 bits per heavy atom. The van der Waals surface area contributed by atoms with Gasteiger partial charge >= 0.3 is 0 Å². The lowest BCUT2D eigenvalue weighted by atomic mass is 9.65. The number of piperazine rings is 1. The van der Waals surface area contributed by atoms with E-state index in [0.717, 1.165) is 50.6 Å². The van der Waals surface area contributed by atoms with Crippen LogP contribution in [0, 0.1) is 17.8 Å². The molecule has 0 spiro atoms. The Labute approximate surface area is 210 Å². The van der Waals surface area contributed by atoms with Gasteiger partial charge in [0.1, 0.15) is 5.82 Å². The summed E-state index contributed by atoms with van der Waals surface area (Å²) in [7, 11) is 0. The fraction of sp³-hybridized carbons (Fsp3) is 0.407. The van der Waals surface area contributed by atoms with E-state index in [2.05, 4.69) is 46.3 Å². The van der Waals surface area contributed by atoms with Gasteiger partial charge in [-0.25, -0.2) is 0 Å². The highest BCUT2D eigenvalue weighted by atomic mass is 35.5. The van der Waals surface area contributed by atoms with E-state index in [-0.39, 0.29) is 5.91 Å². The third kappa shape index (κ3) is 5.29. The second-order valence-corrected chi connectivity index (χ2v) is 10.8. The first-order valence-corrected chi connectivity index (χ1v) is 13.2. The number of aromatic nitrogens is 1. The Morgan fingerprint density at radius 1 is 1.18 bits per heavy atom. The number of amides is 1. The molecule has 178 valence electrons. The van der Waals surface area contributed by atoms with Crippen molar-refractivity contribution in [3.05, 3.63) is 65.2 Å². The molecule has 7 heteroatoms. The van der Waals surface area contributed by atoms with Crippen molar-refractivity contribution in [2.75, 3.05) is 44.2 Å². The van der Waals surface area contributed by atoms with Gasteiger partial charge in [-0.05, 0) is 71.6 Å². The van der Waals surface area contributed by atoms with E-state index in [1.165, 1.54) is 16.5 Å². The van der Waals surface area contributed by atoms with Crippen molar-refractivity contribution in [2.24, 2.45) is 17.8 Å². The minimum absolute atomic E-state index is 0.0399. The molecule has 1 N–H and O–H groups in total. The van der Waals surface area contributed by atoms with Crippen LogP contribution in [0.3, 0.4) is 0 Å². The monoisotopic (exact) mass is 494 g/mol. The molecular weight excluding hydrogens is 464 g/mol. The molecule has 2 aromatic carbocycles. The summed E-state index contributed by atoms with van der Waals surface area (Å²) in [5.41, 5.74) is 0.933. The van der Waals surface area contributed by atoms with Gasteiger partial charge in [0.05, 0.1) is 4.70 Å². The first kappa shape index (κ1) is 23.3. The van der Waals surface area contributed by atoms with Crippen LogP contribution in [0.5, 0.6) is 0 Å². The molecule has 1 amide bonds. The number of fused-ring (bicyclic) bond motifs is 1. The van der Waals surface area contributed by atoms with Crippen LogP contribution in [0.15, 0.2) is 54.6 Å². The maximum atomic E-state index is 12.3. The molecule has 5 rings (SSSR count). The predicted octanol–water partition coefficient (Wildman–Crippen LogP) is 5.17. The van der Waals surface area contributed by atoms with E-state index in [0.29, 0.717) is 22.8 Å². The number of rotatable bonds is 7. The second-order valence-electron chi connectivity index (χ2n) is 9.56. The van der Waals surface area contributed by atoms with Gasteiger partial charge in [0.25, 0.3) is 0 Å². The number of carbonyl (C=O) groups excluding carboxylic acids is 1. The summed E-state index contributed by atoms with van der Waals surface area (Å²) in [6.07, 6.45) is 4.66. The Bertz CT molecular complexity index is 1170. The SMILES string of the molecule is CC1C[C@H](CN2CCN(c3nsc4ccccc34)CC2)[C@H]1CNC(=O)/C=C/c1cccc(Cl)c1. The number of halogens is 1. The van der Waals surface area contributed by atoms with Crippen molar-refractivity contribution < 1.29 is 4.79 Å². The summed E-state index contributed by atoms with van der Waals surface area (Å²) in [6.45, 7) is 8.35. The highest BCUT2D eigenvalue weighted by Crippen LogP contribution is 2.40. The molecule has 1 unspecified atom stereocenters. The molecule has 1 aliphatic carbocycles. The molecule has 1 saturated carbocycles. The molecule has 3 atom stereocenters. The Morgan fingerprint density at radius 2 is 2.00 bits per heavy atom. The van der Waals surface area contributed by atoms with Crippen LogP contribution < -0.4 is 10.2 Å². The zero-order valence-corrected chi connectivity index (χ0v) is 21.1. The zero-order valence-electron chi connectivity index (χ0n) is 19.5. The summed E-state index contributed by atoms with van der Waals surface area (Å²) in [6, 6.07) is 16.0. The van der Waals surface area contributed by atoms with Crippen LogP contribution in [0.4, 0.5) is 5.82 Å². The summed E-state index contributed by atoms with van der Waals surface area (Å²) in [4.78, 5) is 17.4. The largest absolute Gasteiger partial charge is 0.353 e. The van der Waals surface area contributed by atoms with Crippen molar-refractivity contribution in [2.45, 2.75) is 13.3 Å². The highest BCUT2D eigenvalue weighted by molar-refractivity contribution is 7.13. The number of nitrogens with one attached hydrogen (secondary N) is 1. The smallest absolute Gasteiger partial charge is 0.244 e. The summed E-state index contributed by atoms with van der Waals surface area (Å²) < 4.78 is 5.99. The molecule has 0 bridgehead atoms. The van der Waals surface area contributed by atoms with Crippen LogP contribution in [-0.4, -0.2) is 54.4 Å². The van der Waals surface area contributed by atoms with Crippen LogP contribution in [0.2, 0.25) is 5.02 Å². The van der Waals surface area contributed by atoms with E-state index in [1.807, 2.05) is 30.3 Å². The van der Waals surface area contributed by atoms with Gasteiger partial charge in [0, 0.05) is 55.8 Å². The molecule has 1 saturated heterocycles. The Balaban J connectivity index is 1.08. The number of hydrogen-bond acceptors (Lipinski definition) is 5. The van der Waals surface area contributed by atoms with E-state index in [4.69, 9.17) is 16.0 Å². The van der Waals surface area contributed by atoms with E-state index in [9.17, 15) is 4.79 Å². The maximum Gasteiger partial charge on any atom is 0.244 e. The van der Waals surface area contributed by atoms with Gasteiger partial charge < -0.3 is 10.2 Å². The molecule has 2 heterocycles. The molecule has 2 aliphatic rings. The van der Waals surface area contributed by atoms with E-state index in [1.54, 1.807) is 17.6 Å². The van der Waals surface area contributed by atoms with Crippen molar-refractivity contribution in [3.63, 3.8) is 0 Å². The molecule has 5 nitrogen and oxygen atoms in total. The number of hydrogen-bond donors (Lipinski definition) is 1. The van der Waals surface area contributed by atoms with Gasteiger partial charge in [0.2, 0.25) is 5.91 Å². The standard InChI is InChI=1S/C27H31ClN4OS/c1-19-15-21(24(19)17-29-26(33)10-9-20-5-4-6-22(28)16-20)18-31-11-13-32(14-12-31)27-23-7-2-3-8-25(23)34-30-27/h2-10,16,19,21,24H,11-15,17-18H2,1H3,(H,29,33)/b10-9+/t19?,21-,24+/m1/s1. The Kier molecular flexibility index (Phi) is 7.18. The topological polar surface area (TPSA) is 48.5 Å². The second kappa shape index (κ2) is 10.5. The van der Waals surface area contributed by atoms with Crippen LogP contribution in [0.1, 0.15) is 18.9 Å². The lowest BCUT2D eigenvalue weighted by Crippen LogP contribution is -2.52. The first-order valence-electron chi connectivity index (χ1n) is 12.1. The molecule has 0 radical (unpaired) electrons. The third-order valence-electron chi connectivity index (χ3n) is 7.32. The van der Waals surface area contributed by atoms with Crippen LogP contribution in [-0.2, 0) is 4.79 Å². The minimum atomic E-state index is -0.0399. The minimum Gasteiger partial charge on any atom is -0.353 e. The highest BCUT2D eigenvalue weighted by Gasteiger charge is 2.39. The molecule has 3 aromatic rings.